The van der Waals surface area contributed by atoms with E-state index >= 15 is 0 Å². The molecule has 4 nitrogen and oxygen atoms in total. The Morgan fingerprint density at radius 1 is 0.739 bits per heavy atom. The van der Waals surface area contributed by atoms with Gasteiger partial charge in [0.2, 0.25) is 0 Å². The summed E-state index contributed by atoms with van der Waals surface area (Å²) in [4.78, 5) is 2.47. The van der Waals surface area contributed by atoms with Gasteiger partial charge in [0.25, 0.3) is 0 Å². The summed E-state index contributed by atoms with van der Waals surface area (Å²) in [5.41, 5.74) is 0. The third-order valence-corrected chi connectivity index (χ3v) is 3.51. The van der Waals surface area contributed by atoms with E-state index in [0.717, 1.165) is 26.2 Å². The van der Waals surface area contributed by atoms with Crippen LogP contribution in [0.15, 0.2) is 0 Å². The van der Waals surface area contributed by atoms with Gasteiger partial charge in [-0.15, -0.1) is 0 Å². The van der Waals surface area contributed by atoms with Crippen molar-refractivity contribution < 1.29 is 9.47 Å². The highest BCUT2D eigenvalue weighted by atomic mass is 16.5. The van der Waals surface area contributed by atoms with Crippen LogP contribution in [0, 0.1) is 0 Å². The highest BCUT2D eigenvalue weighted by Gasteiger charge is 2.23. The SMILES string of the molecule is CC.CC.CC(C)N1C[C@@H](C)O[C@@H](C)C1.C[C@@H]1CNC[C@@H](C)O1. The van der Waals surface area contributed by atoms with Crippen LogP contribution in [0.1, 0.15) is 69.2 Å². The largest absolute Gasteiger partial charge is 0.373 e. The van der Waals surface area contributed by atoms with Crippen molar-refractivity contribution >= 4 is 0 Å². The number of nitrogens with zero attached hydrogens (tertiary/aromatic N) is 1. The molecule has 23 heavy (non-hydrogen) atoms. The zero-order valence-electron chi connectivity index (χ0n) is 17.5. The third kappa shape index (κ3) is 12.9. The Labute approximate surface area is 146 Å². The Morgan fingerprint density at radius 3 is 1.35 bits per heavy atom. The van der Waals surface area contributed by atoms with Gasteiger partial charge in [0.1, 0.15) is 0 Å². The first-order chi connectivity index (χ1) is 10.9. The zero-order chi connectivity index (χ0) is 18.4. The molecule has 0 aliphatic carbocycles. The lowest BCUT2D eigenvalue weighted by atomic mass is 10.2. The van der Waals surface area contributed by atoms with Crippen molar-refractivity contribution in [1.82, 2.24) is 10.2 Å². The lowest BCUT2D eigenvalue weighted by Crippen LogP contribution is -2.48. The van der Waals surface area contributed by atoms with Crippen LogP contribution >= 0.6 is 0 Å². The van der Waals surface area contributed by atoms with Gasteiger partial charge in [-0.05, 0) is 41.5 Å². The second kappa shape index (κ2) is 15.4. The molecule has 1 N–H and O–H groups in total. The monoisotopic (exact) mass is 332 g/mol. The molecule has 142 valence electrons. The topological polar surface area (TPSA) is 33.7 Å². The van der Waals surface area contributed by atoms with Crippen molar-refractivity contribution in [3.8, 4) is 0 Å². The lowest BCUT2D eigenvalue weighted by molar-refractivity contribution is -0.0764. The van der Waals surface area contributed by atoms with Crippen LogP contribution in [0.5, 0.6) is 0 Å². The second-order valence-electron chi connectivity index (χ2n) is 6.22. The molecule has 0 aromatic heterocycles. The van der Waals surface area contributed by atoms with Crippen molar-refractivity contribution in [3.05, 3.63) is 0 Å². The first-order valence-electron chi connectivity index (χ1n) is 9.64. The summed E-state index contributed by atoms with van der Waals surface area (Å²) < 4.78 is 11.0. The van der Waals surface area contributed by atoms with Gasteiger partial charge >= 0.3 is 0 Å². The Hall–Kier alpha value is -0.160. The van der Waals surface area contributed by atoms with Crippen LogP contribution in [0.4, 0.5) is 0 Å². The number of hydrogen-bond acceptors (Lipinski definition) is 4. The molecule has 0 radical (unpaired) electrons. The molecule has 0 aromatic carbocycles. The number of hydrogen-bond donors (Lipinski definition) is 1. The molecule has 4 atom stereocenters. The van der Waals surface area contributed by atoms with E-state index in [2.05, 4.69) is 51.8 Å². The molecule has 2 fully saturated rings. The van der Waals surface area contributed by atoms with Crippen LogP contribution in [-0.2, 0) is 9.47 Å². The van der Waals surface area contributed by atoms with Gasteiger partial charge in [-0.1, -0.05) is 27.7 Å². The van der Waals surface area contributed by atoms with E-state index in [1.165, 1.54) is 0 Å². The molecule has 2 aliphatic heterocycles. The second-order valence-corrected chi connectivity index (χ2v) is 6.22. The van der Waals surface area contributed by atoms with E-state index in [0.29, 0.717) is 30.5 Å². The highest BCUT2D eigenvalue weighted by molar-refractivity contribution is 4.75. The van der Waals surface area contributed by atoms with Gasteiger partial charge in [0.15, 0.2) is 0 Å². The first-order valence-corrected chi connectivity index (χ1v) is 9.64. The normalized spacial score (nSPS) is 30.9. The van der Waals surface area contributed by atoms with Crippen molar-refractivity contribution in [1.29, 1.82) is 0 Å². The molecule has 2 aliphatic rings. The molecule has 0 aromatic rings. The van der Waals surface area contributed by atoms with E-state index in [1.54, 1.807) is 0 Å². The number of morpholine rings is 2. The van der Waals surface area contributed by atoms with Crippen LogP contribution in [0.3, 0.4) is 0 Å². The van der Waals surface area contributed by atoms with E-state index in [1.807, 2.05) is 27.7 Å². The maximum Gasteiger partial charge on any atom is 0.0678 e. The maximum atomic E-state index is 5.62. The number of nitrogens with one attached hydrogen (secondary N) is 1. The fourth-order valence-corrected chi connectivity index (χ4v) is 2.62. The lowest BCUT2D eigenvalue weighted by Gasteiger charge is -2.37. The Balaban J connectivity index is 0. The molecule has 2 rings (SSSR count). The quantitative estimate of drug-likeness (QED) is 0.788. The average Bonchev–Trinajstić information content (AvgIpc) is 2.50. The molecule has 2 saturated heterocycles. The summed E-state index contributed by atoms with van der Waals surface area (Å²) in [7, 11) is 0. The molecule has 2 heterocycles. The van der Waals surface area contributed by atoms with Gasteiger partial charge in [-0.3, -0.25) is 4.90 Å². The molecular formula is C19H44N2O2. The third-order valence-electron chi connectivity index (χ3n) is 3.51. The average molecular weight is 333 g/mol. The highest BCUT2D eigenvalue weighted by Crippen LogP contribution is 2.12. The maximum absolute atomic E-state index is 5.62. The predicted octanol–water partition coefficient (Wildman–Crippen LogP) is 3.94. The van der Waals surface area contributed by atoms with E-state index in [9.17, 15) is 0 Å². The fraction of sp³-hybridized carbons (Fsp3) is 1.00. The summed E-state index contributed by atoms with van der Waals surface area (Å²) in [6.45, 7) is 25.1. The van der Waals surface area contributed by atoms with Gasteiger partial charge in [-0.25, -0.2) is 0 Å². The number of ether oxygens (including phenoxy) is 2. The summed E-state index contributed by atoms with van der Waals surface area (Å²) in [5.74, 6) is 0. The smallest absolute Gasteiger partial charge is 0.0678 e. The van der Waals surface area contributed by atoms with Gasteiger partial charge in [-0.2, -0.15) is 0 Å². The minimum atomic E-state index is 0.402. The molecule has 0 spiro atoms. The van der Waals surface area contributed by atoms with Crippen LogP contribution in [0.2, 0.25) is 0 Å². The van der Waals surface area contributed by atoms with E-state index in [-0.39, 0.29) is 0 Å². The molecule has 0 unspecified atom stereocenters. The number of rotatable bonds is 1. The van der Waals surface area contributed by atoms with Gasteiger partial charge < -0.3 is 14.8 Å². The van der Waals surface area contributed by atoms with Crippen molar-refractivity contribution in [2.75, 3.05) is 26.2 Å². The summed E-state index contributed by atoms with van der Waals surface area (Å²) in [6.07, 6.45) is 1.61. The minimum absolute atomic E-state index is 0.402. The molecule has 0 amide bonds. The Bertz CT molecular complexity index is 232. The summed E-state index contributed by atoms with van der Waals surface area (Å²) >= 11 is 0. The standard InChI is InChI=1S/C9H19NO.C6H13NO.2C2H6/c1-7(2)10-5-8(3)11-9(4)6-10;1-5-3-7-4-6(2)8-5;2*1-2/h7-9H,5-6H2,1-4H3;5-7H,3-4H2,1-2H3;2*1-2H3/t8-,9+;5-,6-;;/m.1../s1. The van der Waals surface area contributed by atoms with Crippen molar-refractivity contribution in [3.63, 3.8) is 0 Å². The summed E-state index contributed by atoms with van der Waals surface area (Å²) in [6, 6.07) is 0.656. The fourth-order valence-electron chi connectivity index (χ4n) is 2.62. The van der Waals surface area contributed by atoms with Crippen molar-refractivity contribution in [2.24, 2.45) is 0 Å². The summed E-state index contributed by atoms with van der Waals surface area (Å²) in [5, 5.41) is 3.26. The Kier molecular flexibility index (Phi) is 16.8. The molecule has 0 saturated carbocycles. The van der Waals surface area contributed by atoms with E-state index < -0.39 is 0 Å². The van der Waals surface area contributed by atoms with Crippen LogP contribution in [-0.4, -0.2) is 61.5 Å². The van der Waals surface area contributed by atoms with Gasteiger partial charge in [0, 0.05) is 32.2 Å². The van der Waals surface area contributed by atoms with Crippen LogP contribution < -0.4 is 5.32 Å². The minimum Gasteiger partial charge on any atom is -0.373 e. The molecule has 4 heteroatoms. The van der Waals surface area contributed by atoms with Crippen LogP contribution in [0.25, 0.3) is 0 Å². The molecular weight excluding hydrogens is 288 g/mol. The first kappa shape index (κ1) is 25.1. The van der Waals surface area contributed by atoms with Gasteiger partial charge in [0.05, 0.1) is 24.4 Å². The predicted molar refractivity (Wildman–Crippen MR) is 102 cm³/mol. The van der Waals surface area contributed by atoms with E-state index in [4.69, 9.17) is 9.47 Å². The van der Waals surface area contributed by atoms with Crippen molar-refractivity contribution in [2.45, 2.75) is 99.7 Å². The zero-order valence-corrected chi connectivity index (χ0v) is 17.5. The molecule has 0 bridgehead atoms. The Morgan fingerprint density at radius 2 is 1.09 bits per heavy atom.